The van der Waals surface area contributed by atoms with Crippen LogP contribution in [0.1, 0.15) is 32.1 Å². The maximum atomic E-state index is 12.9. The molecule has 1 aliphatic heterocycles. The molecule has 0 bridgehead atoms. The number of thioether (sulfide) groups is 1. The third-order valence-electron chi connectivity index (χ3n) is 6.23. The Balaban J connectivity index is 1.52. The molecule has 1 saturated carbocycles. The number of carbonyl (C=O) groups excluding carboxylic acids is 1. The highest BCUT2D eigenvalue weighted by molar-refractivity contribution is 8.01. The molecule has 6 heteroatoms. The predicted molar refractivity (Wildman–Crippen MR) is 127 cm³/mol. The summed E-state index contributed by atoms with van der Waals surface area (Å²) in [5, 5.41) is 15.1. The number of carbonyl (C=O) groups is 1. The van der Waals surface area contributed by atoms with Gasteiger partial charge in [0.15, 0.2) is 0 Å². The van der Waals surface area contributed by atoms with Crippen LogP contribution >= 0.6 is 11.8 Å². The molecule has 2 N–H and O–H groups in total. The van der Waals surface area contributed by atoms with E-state index in [1.165, 1.54) is 23.2 Å². The molecular formula is C25H30N4OS. The molecule has 2 aromatic rings. The number of nitrogens with zero attached hydrogens (tertiary/aromatic N) is 2. The first-order valence-corrected chi connectivity index (χ1v) is 12.0. The van der Waals surface area contributed by atoms with Crippen LogP contribution in [0, 0.1) is 11.3 Å². The van der Waals surface area contributed by atoms with Gasteiger partial charge in [-0.2, -0.15) is 5.26 Å². The molecule has 0 spiro atoms. The van der Waals surface area contributed by atoms with Crippen molar-refractivity contribution in [2.24, 2.45) is 0 Å². The van der Waals surface area contributed by atoms with Gasteiger partial charge in [-0.25, -0.2) is 0 Å². The van der Waals surface area contributed by atoms with Gasteiger partial charge in [-0.05, 0) is 48.2 Å². The fraction of sp³-hybridized carbons (Fsp3) is 0.440. The normalized spacial score (nSPS) is 18.2. The van der Waals surface area contributed by atoms with E-state index in [1.807, 2.05) is 6.07 Å². The van der Waals surface area contributed by atoms with Gasteiger partial charge in [-0.3, -0.25) is 4.79 Å². The maximum Gasteiger partial charge on any atom is 0.237 e. The van der Waals surface area contributed by atoms with Gasteiger partial charge in [0.2, 0.25) is 5.91 Å². The highest BCUT2D eigenvalue weighted by Gasteiger charge is 2.40. The van der Waals surface area contributed by atoms with E-state index in [0.717, 1.165) is 56.8 Å². The monoisotopic (exact) mass is 434 g/mol. The largest absolute Gasteiger partial charge is 0.369 e. The third kappa shape index (κ3) is 5.23. The number of rotatable bonds is 6. The van der Waals surface area contributed by atoms with Crippen LogP contribution in [0.4, 0.5) is 5.69 Å². The van der Waals surface area contributed by atoms with E-state index in [9.17, 15) is 4.79 Å². The highest BCUT2D eigenvalue weighted by Crippen LogP contribution is 2.44. The third-order valence-corrected chi connectivity index (χ3v) is 7.71. The summed E-state index contributed by atoms with van der Waals surface area (Å²) >= 11 is 1.67. The SMILES string of the molecule is N#CCNC(=O)C1(Sc2cccc(-c3ccc(N4CCNCC4)cc3)c2)CCCCC1. The number of benzene rings is 2. The second-order valence-electron chi connectivity index (χ2n) is 8.31. The molecule has 0 unspecified atom stereocenters. The second kappa shape index (κ2) is 10.2. The van der Waals surface area contributed by atoms with Gasteiger partial charge in [0.05, 0.1) is 10.8 Å². The molecule has 162 valence electrons. The summed E-state index contributed by atoms with van der Waals surface area (Å²) in [6.45, 7) is 4.22. The van der Waals surface area contributed by atoms with Crippen molar-refractivity contribution in [3.63, 3.8) is 0 Å². The number of nitrogens with one attached hydrogen (secondary N) is 2. The Morgan fingerprint density at radius 3 is 2.52 bits per heavy atom. The Hall–Kier alpha value is -2.49. The predicted octanol–water partition coefficient (Wildman–Crippen LogP) is 4.20. The van der Waals surface area contributed by atoms with Crippen LogP contribution in [0.15, 0.2) is 53.4 Å². The molecule has 1 saturated heterocycles. The zero-order valence-corrected chi connectivity index (χ0v) is 18.7. The van der Waals surface area contributed by atoms with Gasteiger partial charge in [0, 0.05) is 36.8 Å². The molecule has 4 rings (SSSR count). The minimum atomic E-state index is -0.472. The van der Waals surface area contributed by atoms with Crippen LogP contribution in [-0.2, 0) is 4.79 Å². The summed E-state index contributed by atoms with van der Waals surface area (Å²) in [4.78, 5) is 16.5. The summed E-state index contributed by atoms with van der Waals surface area (Å²) in [6, 6.07) is 19.3. The van der Waals surface area contributed by atoms with Crippen LogP contribution < -0.4 is 15.5 Å². The fourth-order valence-corrected chi connectivity index (χ4v) is 5.97. The Morgan fingerprint density at radius 1 is 1.06 bits per heavy atom. The molecule has 2 fully saturated rings. The van der Waals surface area contributed by atoms with Crippen molar-refractivity contribution in [3.8, 4) is 17.2 Å². The van der Waals surface area contributed by atoms with Crippen molar-refractivity contribution in [2.75, 3.05) is 37.6 Å². The van der Waals surface area contributed by atoms with Gasteiger partial charge in [0.1, 0.15) is 6.54 Å². The zero-order chi connectivity index (χ0) is 21.5. The van der Waals surface area contributed by atoms with Crippen LogP contribution in [0.2, 0.25) is 0 Å². The number of nitriles is 1. The Labute approximate surface area is 189 Å². The van der Waals surface area contributed by atoms with Crippen molar-refractivity contribution < 1.29 is 4.79 Å². The molecular weight excluding hydrogens is 404 g/mol. The molecule has 5 nitrogen and oxygen atoms in total. The number of piperazine rings is 1. The number of amides is 1. The minimum Gasteiger partial charge on any atom is -0.369 e. The number of anilines is 1. The van der Waals surface area contributed by atoms with Crippen LogP contribution in [0.3, 0.4) is 0 Å². The van der Waals surface area contributed by atoms with Crippen LogP contribution in [0.5, 0.6) is 0 Å². The maximum absolute atomic E-state index is 12.9. The average molecular weight is 435 g/mol. The minimum absolute atomic E-state index is 0.00419. The molecule has 2 aromatic carbocycles. The lowest BCUT2D eigenvalue weighted by molar-refractivity contribution is -0.124. The van der Waals surface area contributed by atoms with Gasteiger partial charge in [-0.1, -0.05) is 43.5 Å². The average Bonchev–Trinajstić information content (AvgIpc) is 2.84. The molecule has 1 amide bonds. The lowest BCUT2D eigenvalue weighted by Gasteiger charge is -2.35. The quantitative estimate of drug-likeness (QED) is 0.667. The summed E-state index contributed by atoms with van der Waals surface area (Å²) < 4.78 is -0.472. The standard InChI is InChI=1S/C25H30N4OS/c26-13-14-28-24(30)25(11-2-1-3-12-25)31-23-6-4-5-21(19-23)20-7-9-22(10-8-20)29-17-15-27-16-18-29/h4-10,19,27H,1-3,11-12,14-18H2,(H,28,30). The van der Waals surface area contributed by atoms with Gasteiger partial charge in [0.25, 0.3) is 0 Å². The Bertz CT molecular complexity index is 925. The van der Waals surface area contributed by atoms with Gasteiger partial charge >= 0.3 is 0 Å². The first-order valence-electron chi connectivity index (χ1n) is 11.2. The summed E-state index contributed by atoms with van der Waals surface area (Å²) in [6.07, 6.45) is 5.00. The number of hydrogen-bond acceptors (Lipinski definition) is 5. The Kier molecular flexibility index (Phi) is 7.16. The van der Waals surface area contributed by atoms with Crippen molar-refractivity contribution >= 4 is 23.4 Å². The van der Waals surface area contributed by atoms with Crippen molar-refractivity contribution in [1.29, 1.82) is 5.26 Å². The van der Waals surface area contributed by atoms with Crippen molar-refractivity contribution in [2.45, 2.75) is 41.7 Å². The lowest BCUT2D eigenvalue weighted by atomic mass is 9.87. The first-order chi connectivity index (χ1) is 15.2. The van der Waals surface area contributed by atoms with Crippen molar-refractivity contribution in [1.82, 2.24) is 10.6 Å². The smallest absolute Gasteiger partial charge is 0.237 e. The molecule has 0 atom stereocenters. The fourth-order valence-electron chi connectivity index (χ4n) is 4.53. The van der Waals surface area contributed by atoms with Crippen LogP contribution in [0.25, 0.3) is 11.1 Å². The van der Waals surface area contributed by atoms with Gasteiger partial charge in [-0.15, -0.1) is 11.8 Å². The molecule has 0 aromatic heterocycles. The van der Waals surface area contributed by atoms with E-state index in [2.05, 4.69) is 64.1 Å². The molecule has 0 radical (unpaired) electrons. The molecule has 2 aliphatic rings. The highest BCUT2D eigenvalue weighted by atomic mass is 32.2. The second-order valence-corrected chi connectivity index (χ2v) is 9.77. The molecule has 1 heterocycles. The Morgan fingerprint density at radius 2 is 1.81 bits per heavy atom. The van der Waals surface area contributed by atoms with E-state index >= 15 is 0 Å². The molecule has 31 heavy (non-hydrogen) atoms. The zero-order valence-electron chi connectivity index (χ0n) is 17.9. The lowest BCUT2D eigenvalue weighted by Crippen LogP contribution is -2.45. The van der Waals surface area contributed by atoms with E-state index < -0.39 is 4.75 Å². The van der Waals surface area contributed by atoms with Crippen molar-refractivity contribution in [3.05, 3.63) is 48.5 Å². The van der Waals surface area contributed by atoms with Gasteiger partial charge < -0.3 is 15.5 Å². The van der Waals surface area contributed by atoms with E-state index in [4.69, 9.17) is 5.26 Å². The number of hydrogen-bond donors (Lipinski definition) is 2. The van der Waals surface area contributed by atoms with E-state index in [0.29, 0.717) is 0 Å². The molecule has 1 aliphatic carbocycles. The summed E-state index contributed by atoms with van der Waals surface area (Å²) in [5.41, 5.74) is 3.62. The summed E-state index contributed by atoms with van der Waals surface area (Å²) in [5.74, 6) is 0.00419. The van der Waals surface area contributed by atoms with Crippen LogP contribution in [-0.4, -0.2) is 43.4 Å². The summed E-state index contributed by atoms with van der Waals surface area (Å²) in [7, 11) is 0. The first kappa shape index (κ1) is 21.7. The van der Waals surface area contributed by atoms with E-state index in [1.54, 1.807) is 11.8 Å². The topological polar surface area (TPSA) is 68.2 Å². The van der Waals surface area contributed by atoms with E-state index in [-0.39, 0.29) is 12.5 Å².